The Bertz CT molecular complexity index is 1060. The Morgan fingerprint density at radius 2 is 1.93 bits per heavy atom. The van der Waals surface area contributed by atoms with Crippen LogP contribution in [0.5, 0.6) is 11.9 Å². The lowest BCUT2D eigenvalue weighted by Gasteiger charge is -2.11. The summed E-state index contributed by atoms with van der Waals surface area (Å²) in [6, 6.07) is 11.2. The normalized spacial score (nSPS) is 10.6. The smallest absolute Gasteiger partial charge is 0.320 e. The van der Waals surface area contributed by atoms with Gasteiger partial charge in [0.05, 0.1) is 38.4 Å². The van der Waals surface area contributed by atoms with Gasteiger partial charge in [0.15, 0.2) is 5.76 Å². The minimum atomic E-state index is 0.182. The van der Waals surface area contributed by atoms with Crippen LogP contribution < -0.4 is 14.8 Å². The summed E-state index contributed by atoms with van der Waals surface area (Å²) in [6.45, 7) is 0.493. The molecular formula is C20H18N6O3. The fourth-order valence-corrected chi connectivity index (χ4v) is 2.67. The molecule has 0 aliphatic rings. The quantitative estimate of drug-likeness (QED) is 0.509. The molecular weight excluding hydrogens is 372 g/mol. The molecule has 29 heavy (non-hydrogen) atoms. The number of aromatic nitrogens is 5. The lowest BCUT2D eigenvalue weighted by Crippen LogP contribution is -2.06. The van der Waals surface area contributed by atoms with Gasteiger partial charge in [-0.2, -0.15) is 9.97 Å². The van der Waals surface area contributed by atoms with E-state index in [-0.39, 0.29) is 6.01 Å². The second-order valence-electron chi connectivity index (χ2n) is 5.89. The van der Waals surface area contributed by atoms with E-state index in [4.69, 9.17) is 13.9 Å². The van der Waals surface area contributed by atoms with Crippen LogP contribution in [0, 0.1) is 0 Å². The minimum absolute atomic E-state index is 0.182. The largest absolute Gasteiger partial charge is 0.481 e. The maximum Gasteiger partial charge on any atom is 0.320 e. The van der Waals surface area contributed by atoms with Crippen molar-refractivity contribution in [2.75, 3.05) is 19.5 Å². The van der Waals surface area contributed by atoms with Crippen molar-refractivity contribution in [3.8, 4) is 34.6 Å². The highest BCUT2D eigenvalue weighted by Crippen LogP contribution is 2.32. The molecule has 0 spiro atoms. The molecule has 0 atom stereocenters. The SMILES string of the molecule is COc1cc(-c2cnc(NCc3ccccn3)nc2-c2ccco2)nc(OC)n1. The van der Waals surface area contributed by atoms with Gasteiger partial charge in [-0.15, -0.1) is 0 Å². The van der Waals surface area contributed by atoms with E-state index in [9.17, 15) is 0 Å². The van der Waals surface area contributed by atoms with E-state index >= 15 is 0 Å². The van der Waals surface area contributed by atoms with Crippen molar-refractivity contribution < 1.29 is 13.9 Å². The Hall–Kier alpha value is -4.01. The molecule has 4 aromatic rings. The van der Waals surface area contributed by atoms with Crippen molar-refractivity contribution >= 4 is 5.95 Å². The zero-order valence-corrected chi connectivity index (χ0v) is 15.9. The monoisotopic (exact) mass is 390 g/mol. The molecule has 4 heterocycles. The Morgan fingerprint density at radius 1 is 1.00 bits per heavy atom. The molecule has 0 bridgehead atoms. The second kappa shape index (κ2) is 8.34. The lowest BCUT2D eigenvalue weighted by atomic mass is 10.1. The van der Waals surface area contributed by atoms with Crippen molar-refractivity contribution in [1.29, 1.82) is 0 Å². The van der Waals surface area contributed by atoms with Gasteiger partial charge in [-0.25, -0.2) is 9.97 Å². The third-order valence-corrected chi connectivity index (χ3v) is 4.05. The maximum atomic E-state index is 5.58. The molecule has 1 N–H and O–H groups in total. The zero-order valence-electron chi connectivity index (χ0n) is 15.9. The molecule has 0 radical (unpaired) electrons. The highest BCUT2D eigenvalue weighted by molar-refractivity contribution is 5.77. The summed E-state index contributed by atoms with van der Waals surface area (Å²) in [5.74, 6) is 1.40. The number of anilines is 1. The minimum Gasteiger partial charge on any atom is -0.481 e. The molecule has 0 aliphatic heterocycles. The van der Waals surface area contributed by atoms with E-state index in [1.165, 1.54) is 14.2 Å². The lowest BCUT2D eigenvalue weighted by molar-refractivity contribution is 0.352. The van der Waals surface area contributed by atoms with Crippen LogP contribution in [0.15, 0.2) is 59.5 Å². The molecule has 146 valence electrons. The first-order chi connectivity index (χ1) is 14.3. The summed E-state index contributed by atoms with van der Waals surface area (Å²) >= 11 is 0. The number of nitrogens with one attached hydrogen (secondary N) is 1. The molecule has 0 unspecified atom stereocenters. The molecule has 4 aromatic heterocycles. The Labute approximate surface area is 166 Å². The van der Waals surface area contributed by atoms with Crippen LogP contribution in [0.3, 0.4) is 0 Å². The highest BCUT2D eigenvalue weighted by Gasteiger charge is 2.17. The number of hydrogen-bond donors (Lipinski definition) is 1. The third kappa shape index (κ3) is 4.13. The number of methoxy groups -OCH3 is 2. The van der Waals surface area contributed by atoms with Crippen molar-refractivity contribution in [3.05, 3.63) is 60.7 Å². The number of hydrogen-bond acceptors (Lipinski definition) is 9. The van der Waals surface area contributed by atoms with Crippen LogP contribution in [0.4, 0.5) is 5.95 Å². The molecule has 0 amide bonds. The standard InChI is InChI=1S/C20H18N6O3/c1-27-17-10-15(24-20(25-17)28-2)14-12-23-19(22-11-13-6-3-4-8-21-13)26-18(14)16-7-5-9-29-16/h3-10,12H,11H2,1-2H3,(H,22,23,26). The predicted molar refractivity (Wildman–Crippen MR) is 105 cm³/mol. The average molecular weight is 390 g/mol. The number of ether oxygens (including phenoxy) is 2. The van der Waals surface area contributed by atoms with Gasteiger partial charge in [0.1, 0.15) is 5.69 Å². The summed E-state index contributed by atoms with van der Waals surface area (Å²) in [5.41, 5.74) is 2.67. The van der Waals surface area contributed by atoms with Crippen molar-refractivity contribution in [1.82, 2.24) is 24.9 Å². The summed E-state index contributed by atoms with van der Waals surface area (Å²) in [4.78, 5) is 21.9. The van der Waals surface area contributed by atoms with Gasteiger partial charge in [-0.05, 0) is 24.3 Å². The maximum absolute atomic E-state index is 5.58. The van der Waals surface area contributed by atoms with Crippen molar-refractivity contribution in [2.45, 2.75) is 6.54 Å². The molecule has 4 rings (SSSR count). The number of pyridine rings is 1. The molecule has 0 aromatic carbocycles. The van der Waals surface area contributed by atoms with Crippen LogP contribution in [0.2, 0.25) is 0 Å². The third-order valence-electron chi connectivity index (χ3n) is 4.05. The molecule has 0 fully saturated rings. The fourth-order valence-electron chi connectivity index (χ4n) is 2.67. The predicted octanol–water partition coefficient (Wildman–Crippen LogP) is 3.22. The van der Waals surface area contributed by atoms with Gasteiger partial charge in [0.25, 0.3) is 0 Å². The van der Waals surface area contributed by atoms with E-state index in [1.54, 1.807) is 30.8 Å². The Morgan fingerprint density at radius 3 is 2.66 bits per heavy atom. The van der Waals surface area contributed by atoms with Gasteiger partial charge in [-0.1, -0.05) is 6.07 Å². The molecule has 0 saturated heterocycles. The number of furan rings is 1. The molecule has 0 saturated carbocycles. The molecule has 9 heteroatoms. The van der Waals surface area contributed by atoms with Crippen LogP contribution in [0.25, 0.3) is 22.7 Å². The van der Waals surface area contributed by atoms with Crippen LogP contribution >= 0.6 is 0 Å². The molecule has 9 nitrogen and oxygen atoms in total. The van der Waals surface area contributed by atoms with E-state index in [2.05, 4.69) is 30.2 Å². The van der Waals surface area contributed by atoms with E-state index < -0.39 is 0 Å². The first-order valence-electron chi connectivity index (χ1n) is 8.79. The zero-order chi connectivity index (χ0) is 20.1. The van der Waals surface area contributed by atoms with Gasteiger partial charge >= 0.3 is 6.01 Å². The van der Waals surface area contributed by atoms with E-state index in [0.29, 0.717) is 41.1 Å². The van der Waals surface area contributed by atoms with E-state index in [1.807, 2.05) is 24.3 Å². The summed E-state index contributed by atoms with van der Waals surface area (Å²) in [5, 5.41) is 3.18. The van der Waals surface area contributed by atoms with Crippen molar-refractivity contribution in [3.63, 3.8) is 0 Å². The van der Waals surface area contributed by atoms with Gasteiger partial charge in [0.2, 0.25) is 11.8 Å². The first kappa shape index (κ1) is 18.4. The first-order valence-corrected chi connectivity index (χ1v) is 8.79. The molecule has 0 aliphatic carbocycles. The van der Waals surface area contributed by atoms with Gasteiger partial charge in [0, 0.05) is 24.0 Å². The van der Waals surface area contributed by atoms with E-state index in [0.717, 1.165) is 5.69 Å². The Balaban J connectivity index is 1.73. The summed E-state index contributed by atoms with van der Waals surface area (Å²) in [6.07, 6.45) is 5.00. The van der Waals surface area contributed by atoms with Crippen LogP contribution in [-0.4, -0.2) is 39.1 Å². The van der Waals surface area contributed by atoms with Gasteiger partial charge < -0.3 is 19.2 Å². The number of nitrogens with zero attached hydrogens (tertiary/aromatic N) is 5. The van der Waals surface area contributed by atoms with Crippen LogP contribution in [-0.2, 0) is 6.54 Å². The summed E-state index contributed by atoms with van der Waals surface area (Å²) in [7, 11) is 3.02. The van der Waals surface area contributed by atoms with Crippen molar-refractivity contribution in [2.24, 2.45) is 0 Å². The topological polar surface area (TPSA) is 108 Å². The number of rotatable bonds is 7. The summed E-state index contributed by atoms with van der Waals surface area (Å²) < 4.78 is 16.0. The van der Waals surface area contributed by atoms with Crippen LogP contribution in [0.1, 0.15) is 5.69 Å². The average Bonchev–Trinajstić information content (AvgIpc) is 3.32. The fraction of sp³-hybridized carbons (Fsp3) is 0.150. The van der Waals surface area contributed by atoms with Gasteiger partial charge in [-0.3, -0.25) is 4.98 Å². The second-order valence-corrected chi connectivity index (χ2v) is 5.89. The highest BCUT2D eigenvalue weighted by atomic mass is 16.5. The Kier molecular flexibility index (Phi) is 5.28.